The lowest BCUT2D eigenvalue weighted by atomic mass is 9.94. The molecule has 1 saturated heterocycles. The molecule has 0 atom stereocenters. The van der Waals surface area contributed by atoms with Crippen LogP contribution in [0.3, 0.4) is 0 Å². The van der Waals surface area contributed by atoms with Crippen molar-refractivity contribution in [2.24, 2.45) is 0 Å². The summed E-state index contributed by atoms with van der Waals surface area (Å²) in [6, 6.07) is 4.91. The summed E-state index contributed by atoms with van der Waals surface area (Å²) in [5.74, 6) is -6.16. The van der Waals surface area contributed by atoms with Gasteiger partial charge in [0.15, 0.2) is 33.1 Å². The van der Waals surface area contributed by atoms with Crippen LogP contribution in [0.1, 0.15) is 36.0 Å². The first-order chi connectivity index (χ1) is 15.1. The topological polar surface area (TPSA) is 81.7 Å². The summed E-state index contributed by atoms with van der Waals surface area (Å²) in [5.41, 5.74) is -0.409. The number of sulfone groups is 1. The second-order valence-corrected chi connectivity index (χ2v) is 10.3. The van der Waals surface area contributed by atoms with Crippen LogP contribution in [0.15, 0.2) is 35.2 Å². The number of hydrogen-bond acceptors (Lipinski definition) is 5. The van der Waals surface area contributed by atoms with Crippen LogP contribution in [0.2, 0.25) is 5.02 Å². The van der Waals surface area contributed by atoms with Gasteiger partial charge in [-0.2, -0.15) is 0 Å². The SMILES string of the molecule is O=C(Nc1cc(F)c(F)c(F)c1)c1ccc(Cl)c(S(=O)(=O)C2CCC3(CC2)OCCO3)c1. The van der Waals surface area contributed by atoms with Crippen molar-refractivity contribution in [3.63, 3.8) is 0 Å². The van der Waals surface area contributed by atoms with Crippen molar-refractivity contribution in [3.05, 3.63) is 58.4 Å². The number of ether oxygens (including phenoxy) is 2. The number of anilines is 1. The number of rotatable bonds is 4. The Balaban J connectivity index is 1.55. The van der Waals surface area contributed by atoms with Crippen LogP contribution in [0.4, 0.5) is 18.9 Å². The van der Waals surface area contributed by atoms with Gasteiger partial charge < -0.3 is 14.8 Å². The Labute approximate surface area is 187 Å². The molecular weight excluding hydrogens is 471 g/mol. The Bertz CT molecular complexity index is 1140. The highest BCUT2D eigenvalue weighted by atomic mass is 35.5. The fourth-order valence-electron chi connectivity index (χ4n) is 4.00. The van der Waals surface area contributed by atoms with Gasteiger partial charge in [0, 0.05) is 36.2 Å². The zero-order chi connectivity index (χ0) is 23.1. The number of carbonyl (C=O) groups is 1. The predicted molar refractivity (Wildman–Crippen MR) is 110 cm³/mol. The van der Waals surface area contributed by atoms with Crippen LogP contribution in [-0.4, -0.2) is 38.6 Å². The van der Waals surface area contributed by atoms with Gasteiger partial charge in [0.25, 0.3) is 5.91 Å². The Morgan fingerprint density at radius 2 is 1.62 bits per heavy atom. The first-order valence-electron chi connectivity index (χ1n) is 9.89. The van der Waals surface area contributed by atoms with Crippen molar-refractivity contribution >= 4 is 33.0 Å². The zero-order valence-corrected chi connectivity index (χ0v) is 18.2. The summed E-state index contributed by atoms with van der Waals surface area (Å²) in [6.45, 7) is 0.949. The van der Waals surface area contributed by atoms with Gasteiger partial charge in [0.1, 0.15) is 0 Å². The molecule has 6 nitrogen and oxygen atoms in total. The fraction of sp³-hybridized carbons (Fsp3) is 0.381. The third kappa shape index (κ3) is 4.36. The van der Waals surface area contributed by atoms with Gasteiger partial charge in [-0.3, -0.25) is 4.79 Å². The van der Waals surface area contributed by atoms with Crippen LogP contribution in [0, 0.1) is 17.5 Å². The molecule has 2 aliphatic rings. The van der Waals surface area contributed by atoms with Crippen LogP contribution in [-0.2, 0) is 19.3 Å². The van der Waals surface area contributed by atoms with Gasteiger partial charge in [-0.1, -0.05) is 11.6 Å². The lowest BCUT2D eigenvalue weighted by molar-refractivity contribution is -0.176. The zero-order valence-electron chi connectivity index (χ0n) is 16.7. The van der Waals surface area contributed by atoms with E-state index in [1.54, 1.807) is 0 Å². The minimum atomic E-state index is -3.88. The van der Waals surface area contributed by atoms with E-state index in [1.165, 1.54) is 12.1 Å². The van der Waals surface area contributed by atoms with Crippen molar-refractivity contribution in [1.29, 1.82) is 0 Å². The molecule has 1 aliphatic carbocycles. The van der Waals surface area contributed by atoms with Gasteiger partial charge in [-0.05, 0) is 31.0 Å². The first kappa shape index (κ1) is 23.0. The summed E-state index contributed by atoms with van der Waals surface area (Å²) in [4.78, 5) is 12.3. The summed E-state index contributed by atoms with van der Waals surface area (Å²) < 4.78 is 77.6. The molecule has 4 rings (SSSR count). The predicted octanol–water partition coefficient (Wildman–Crippen LogP) is 4.47. The average Bonchev–Trinajstić information content (AvgIpc) is 3.20. The van der Waals surface area contributed by atoms with Crippen LogP contribution in [0.5, 0.6) is 0 Å². The lowest BCUT2D eigenvalue weighted by Crippen LogP contribution is -2.39. The molecule has 1 amide bonds. The Hall–Kier alpha value is -2.14. The lowest BCUT2D eigenvalue weighted by Gasteiger charge is -2.35. The number of nitrogens with one attached hydrogen (secondary N) is 1. The molecule has 0 bridgehead atoms. The molecule has 0 radical (unpaired) electrons. The highest BCUT2D eigenvalue weighted by Gasteiger charge is 2.44. The highest BCUT2D eigenvalue weighted by Crippen LogP contribution is 2.40. The van der Waals surface area contributed by atoms with Crippen molar-refractivity contribution in [3.8, 4) is 0 Å². The summed E-state index contributed by atoms with van der Waals surface area (Å²) in [5, 5.41) is 1.45. The van der Waals surface area contributed by atoms with Gasteiger partial charge in [0.05, 0.1) is 28.4 Å². The first-order valence-corrected chi connectivity index (χ1v) is 11.8. The largest absolute Gasteiger partial charge is 0.348 e. The maximum atomic E-state index is 13.4. The maximum Gasteiger partial charge on any atom is 0.255 e. The second-order valence-electron chi connectivity index (χ2n) is 7.71. The van der Waals surface area contributed by atoms with E-state index in [4.69, 9.17) is 21.1 Å². The van der Waals surface area contributed by atoms with Crippen molar-refractivity contribution < 1.29 is 35.9 Å². The van der Waals surface area contributed by atoms with Crippen molar-refractivity contribution in [1.82, 2.24) is 0 Å². The summed E-state index contributed by atoms with van der Waals surface area (Å²) in [7, 11) is -3.88. The smallest absolute Gasteiger partial charge is 0.255 e. The molecule has 2 fully saturated rings. The number of halogens is 4. The Morgan fingerprint density at radius 3 is 2.22 bits per heavy atom. The highest BCUT2D eigenvalue weighted by molar-refractivity contribution is 7.92. The number of amides is 1. The Kier molecular flexibility index (Phi) is 6.23. The molecular formula is C21H19ClF3NO5S. The minimum absolute atomic E-state index is 0.0472. The van der Waals surface area contributed by atoms with Gasteiger partial charge in [-0.15, -0.1) is 0 Å². The fourth-order valence-corrected chi connectivity index (χ4v) is 6.29. The minimum Gasteiger partial charge on any atom is -0.348 e. The standard InChI is InChI=1S/C21H19ClF3NO5S/c22-15-2-1-12(20(27)26-13-10-16(23)19(25)17(24)11-13)9-18(15)32(28,29)14-3-5-21(6-4-14)30-7-8-31-21/h1-2,9-11,14H,3-8H2,(H,26,27). The van der Waals surface area contributed by atoms with Gasteiger partial charge in [0.2, 0.25) is 0 Å². The van der Waals surface area contributed by atoms with E-state index in [1.807, 2.05) is 0 Å². The molecule has 1 heterocycles. The molecule has 32 heavy (non-hydrogen) atoms. The molecule has 172 valence electrons. The number of hydrogen-bond donors (Lipinski definition) is 1. The van der Waals surface area contributed by atoms with E-state index in [0.717, 1.165) is 6.07 Å². The summed E-state index contributed by atoms with van der Waals surface area (Å²) >= 11 is 6.14. The van der Waals surface area contributed by atoms with Gasteiger partial charge >= 0.3 is 0 Å². The third-order valence-corrected chi connectivity index (χ3v) is 8.43. The van der Waals surface area contributed by atoms with Crippen LogP contribution < -0.4 is 5.32 Å². The van der Waals surface area contributed by atoms with Crippen molar-refractivity contribution in [2.45, 2.75) is 41.6 Å². The van der Waals surface area contributed by atoms with E-state index in [0.29, 0.717) is 51.0 Å². The molecule has 0 aromatic heterocycles. The van der Waals surface area contributed by atoms with Gasteiger partial charge in [-0.25, -0.2) is 21.6 Å². The number of benzene rings is 2. The molecule has 2 aromatic carbocycles. The normalized spacial score (nSPS) is 18.8. The molecule has 1 spiro atoms. The monoisotopic (exact) mass is 489 g/mol. The van der Waals surface area contributed by atoms with E-state index in [2.05, 4.69) is 5.32 Å². The van der Waals surface area contributed by atoms with Crippen LogP contribution >= 0.6 is 11.6 Å². The number of carbonyl (C=O) groups excluding carboxylic acids is 1. The maximum absolute atomic E-state index is 13.4. The third-order valence-electron chi connectivity index (χ3n) is 5.69. The van der Waals surface area contributed by atoms with Crippen molar-refractivity contribution in [2.75, 3.05) is 18.5 Å². The Morgan fingerprint density at radius 1 is 1.03 bits per heavy atom. The van der Waals surface area contributed by atoms with E-state index < -0.39 is 44.2 Å². The molecule has 2 aromatic rings. The van der Waals surface area contributed by atoms with E-state index in [9.17, 15) is 26.4 Å². The summed E-state index contributed by atoms with van der Waals surface area (Å²) in [6.07, 6.45) is 1.47. The van der Waals surface area contributed by atoms with E-state index in [-0.39, 0.29) is 21.2 Å². The van der Waals surface area contributed by atoms with Crippen LogP contribution in [0.25, 0.3) is 0 Å². The molecule has 1 aliphatic heterocycles. The molecule has 11 heteroatoms. The molecule has 0 unspecified atom stereocenters. The molecule has 1 N–H and O–H groups in total. The average molecular weight is 490 g/mol. The molecule has 1 saturated carbocycles. The quantitative estimate of drug-likeness (QED) is 0.641. The van der Waals surface area contributed by atoms with E-state index >= 15 is 0 Å². The second kappa shape index (κ2) is 8.66.